The van der Waals surface area contributed by atoms with Crippen molar-refractivity contribution in [1.29, 1.82) is 0 Å². The van der Waals surface area contributed by atoms with Crippen LogP contribution in [-0.4, -0.2) is 38.6 Å². The average molecular weight is 1980 g/mol. The Morgan fingerprint density at radius 1 is 0.277 bits per heavy atom. The molecule has 0 saturated heterocycles. The molecule has 22 rings (SSSR count). The number of allylic oxidation sites excluding steroid dienone is 1. The zero-order valence-electron chi connectivity index (χ0n) is 96.9. The molecule has 0 N–H and O–H groups in total. The van der Waals surface area contributed by atoms with Gasteiger partial charge in [0.25, 0.3) is 0 Å². The van der Waals surface area contributed by atoms with E-state index >= 15 is 0 Å². The summed E-state index contributed by atoms with van der Waals surface area (Å²) in [5, 5.41) is 6.48. The van der Waals surface area contributed by atoms with Gasteiger partial charge in [-0.2, -0.15) is 0 Å². The standard InChI is InChI=1S/C14H20.2C14H16.C13H19N.C13H18.C13H16.C13H18.C12H15N.C12H17N.C12H14O.C11H13NO.CH4/c3*1-14(2,3)13-9-8-11-6-4-5-7-12(11)10-13;1-13(2,3)14-9-8-11-6-4-5-7-12(11)10-14;2*1-13(2,3)12-8-7-10-5-4-6-11(10)9-12;1-13(2,3)12-8-10-6-4-5-7-11(10)9-12;1-12(2,3)10-4-5-11-9(8-10)6-7-13-11;1-12(2,3)13-8-10-6-4-5-7-11(10)9-13;1-12(2,3)10-5-4-9-6-7-13-11(9)8-10;1-11(2,3)10-12-8-6-4-5-7-9(8)13-10;/h8-10H,4-7H2,1-3H3;2*4-10H,1-3H3;4-7H,8-10H2,1-3H3;7-9H,4-6H2,1-3H3;4-5,7-9H,6H2,1-3H3;4-7,12H,8-9H2,1-3H3;4-5,7-8H,6H2,1-3H3;4-7H,8-9H2,1-3H3;4-8H,1-3H3;4-7H,1-3H3;1H4. The summed E-state index contributed by atoms with van der Waals surface area (Å²) in [6.45, 7) is 78.9. The number of hydrogen-bond donors (Lipinski definition) is 0. The molecule has 0 fully saturated rings. The summed E-state index contributed by atoms with van der Waals surface area (Å²) in [6, 6.07) is 101. The van der Waals surface area contributed by atoms with Crippen LogP contribution >= 0.6 is 0 Å². The normalized spacial score (nSPS) is 14.7. The van der Waals surface area contributed by atoms with E-state index in [1.807, 2.05) is 36.5 Å². The van der Waals surface area contributed by atoms with Gasteiger partial charge in [0.05, 0.1) is 12.0 Å². The third kappa shape index (κ3) is 33.6. The van der Waals surface area contributed by atoms with E-state index in [0.29, 0.717) is 27.3 Å². The van der Waals surface area contributed by atoms with Gasteiger partial charge >= 0.3 is 0 Å². The number of aromatic nitrogens is 1. The lowest BCUT2D eigenvalue weighted by Crippen LogP contribution is -2.44. The summed E-state index contributed by atoms with van der Waals surface area (Å²) in [5.41, 5.74) is 36.5. The Kier molecular flexibility index (Phi) is 38.9. The molecule has 0 unspecified atom stereocenters. The maximum atomic E-state index is 5.62. The monoisotopic (exact) mass is 1980 g/mol. The van der Waals surface area contributed by atoms with Gasteiger partial charge in [-0.1, -0.05) is 455 Å². The first-order chi connectivity index (χ1) is 68.8. The summed E-state index contributed by atoms with van der Waals surface area (Å²) >= 11 is 0. The number of furan rings is 1. The Hall–Kier alpha value is -11.3. The summed E-state index contributed by atoms with van der Waals surface area (Å²) < 4.78 is 11.0. The molecule has 6 nitrogen and oxygen atoms in total. The van der Waals surface area contributed by atoms with Crippen molar-refractivity contribution in [3.63, 3.8) is 0 Å². The van der Waals surface area contributed by atoms with Crippen LogP contribution in [0.15, 0.2) is 305 Å². The molecule has 0 amide bonds. The fourth-order valence-corrected chi connectivity index (χ4v) is 19.5. The molecule has 0 atom stereocenters. The van der Waals surface area contributed by atoms with Crippen LogP contribution in [0.1, 0.15) is 372 Å². The smallest absolute Gasteiger partial charge is 0.200 e. The lowest BCUT2D eigenvalue weighted by atomic mass is 9.79. The first kappa shape index (κ1) is 117. The second-order valence-corrected chi connectivity index (χ2v) is 53.3. The van der Waals surface area contributed by atoms with Crippen molar-refractivity contribution in [2.24, 2.45) is 16.3 Å². The van der Waals surface area contributed by atoms with E-state index in [2.05, 4.69) is 509 Å². The molecule has 148 heavy (non-hydrogen) atoms. The summed E-state index contributed by atoms with van der Waals surface area (Å²) in [6.07, 6.45) is 23.3. The van der Waals surface area contributed by atoms with Crippen LogP contribution in [-0.2, 0) is 121 Å². The number of hydrogen-bond acceptors (Lipinski definition) is 6. The van der Waals surface area contributed by atoms with Crippen LogP contribution in [0, 0.1) is 11.3 Å². The molecule has 0 spiro atoms. The third-order valence-electron chi connectivity index (χ3n) is 29.9. The van der Waals surface area contributed by atoms with E-state index < -0.39 is 0 Å². The molecule has 15 aromatic rings. The largest absolute Gasteiger partial charge is 0.464 e. The molecule has 3 aliphatic heterocycles. The molecule has 0 saturated carbocycles. The van der Waals surface area contributed by atoms with E-state index in [1.165, 1.54) is 176 Å². The minimum Gasteiger partial charge on any atom is -0.464 e. The van der Waals surface area contributed by atoms with Gasteiger partial charge in [0, 0.05) is 60.7 Å². The highest BCUT2D eigenvalue weighted by atomic mass is 16.3. The van der Waals surface area contributed by atoms with E-state index in [9.17, 15) is 0 Å². The molecular formula is C142H186N4O2. The molecule has 5 heterocycles. The maximum absolute atomic E-state index is 5.62. The van der Waals surface area contributed by atoms with Crippen molar-refractivity contribution in [3.05, 3.63) is 409 Å². The van der Waals surface area contributed by atoms with Crippen molar-refractivity contribution < 1.29 is 8.83 Å². The Balaban J connectivity index is 0.000000155. The van der Waals surface area contributed by atoms with Crippen LogP contribution in [0.5, 0.6) is 0 Å². The van der Waals surface area contributed by atoms with Gasteiger partial charge in [0.1, 0.15) is 11.1 Å². The number of para-hydroxylation sites is 2. The second kappa shape index (κ2) is 49.2. The molecule has 2 aromatic heterocycles. The topological polar surface area (TPSA) is 58.0 Å². The molecule has 0 bridgehead atoms. The zero-order valence-corrected chi connectivity index (χ0v) is 96.9. The van der Waals surface area contributed by atoms with Crippen LogP contribution in [0.25, 0.3) is 49.7 Å². The Morgan fingerprint density at radius 2 is 0.642 bits per heavy atom. The van der Waals surface area contributed by atoms with Gasteiger partial charge in [-0.25, -0.2) is 4.98 Å². The molecule has 7 aliphatic rings. The lowest BCUT2D eigenvalue weighted by Gasteiger charge is -2.39. The fourth-order valence-electron chi connectivity index (χ4n) is 19.5. The van der Waals surface area contributed by atoms with E-state index in [0.717, 1.165) is 66.7 Å². The highest BCUT2D eigenvalue weighted by Gasteiger charge is 2.33. The van der Waals surface area contributed by atoms with Gasteiger partial charge in [0.15, 0.2) is 5.58 Å². The first-order valence-electron chi connectivity index (χ1n) is 55.0. The number of aryl methyl sites for hydroxylation is 4. The molecule has 4 aliphatic carbocycles. The van der Waals surface area contributed by atoms with Crippen LogP contribution < -0.4 is 0 Å². The van der Waals surface area contributed by atoms with E-state index in [1.54, 1.807) is 39.6 Å². The van der Waals surface area contributed by atoms with Gasteiger partial charge in [-0.05, 0) is 325 Å². The number of aliphatic imine (C=N–C) groups is 1. The zero-order chi connectivity index (χ0) is 107. The van der Waals surface area contributed by atoms with Crippen LogP contribution in [0.2, 0.25) is 0 Å². The van der Waals surface area contributed by atoms with Crippen LogP contribution in [0.3, 0.4) is 0 Å². The van der Waals surface area contributed by atoms with Crippen molar-refractivity contribution in [2.75, 3.05) is 6.54 Å². The maximum Gasteiger partial charge on any atom is 0.200 e. The number of benzene rings is 13. The summed E-state index contributed by atoms with van der Waals surface area (Å²) in [5.74, 6) is 1.64. The minimum absolute atomic E-state index is 0. The molecule has 6 heteroatoms. The second-order valence-electron chi connectivity index (χ2n) is 53.3. The lowest BCUT2D eigenvalue weighted by molar-refractivity contribution is 0.121. The van der Waals surface area contributed by atoms with Gasteiger partial charge in [0.2, 0.25) is 5.89 Å². The minimum atomic E-state index is -0.0149. The van der Waals surface area contributed by atoms with Crippen LogP contribution in [0.4, 0.5) is 5.69 Å². The Labute approximate surface area is 897 Å². The van der Waals surface area contributed by atoms with Crippen molar-refractivity contribution in [1.82, 2.24) is 14.8 Å². The summed E-state index contributed by atoms with van der Waals surface area (Å²) in [4.78, 5) is 13.8. The van der Waals surface area contributed by atoms with Gasteiger partial charge < -0.3 is 8.83 Å². The number of fused-ring (bicyclic) bond motifs is 11. The van der Waals surface area contributed by atoms with Gasteiger partial charge in [-0.15, -0.1) is 0 Å². The predicted molar refractivity (Wildman–Crippen MR) is 646 cm³/mol. The van der Waals surface area contributed by atoms with E-state index in [4.69, 9.17) is 8.83 Å². The highest BCUT2D eigenvalue weighted by molar-refractivity contribution is 5.84. The number of nitrogens with zero attached hydrogens (tertiary/aromatic N) is 4. The Bertz CT molecular complexity index is 6540. The third-order valence-corrected chi connectivity index (χ3v) is 29.9. The SMILES string of the molecule is C.CC(C)(C)C1Cc2ccccc2C1.CC(C)(C)N1CCc2ccccc2C1.CC(C)(C)N1Cc2ccccc2C1.CC(C)(C)c1ccc2c(c1)CC=C2.CC(C)(C)c1ccc2c(c1)CC=N2.CC(C)(C)c1ccc2c(c1)CCC2.CC(C)(C)c1ccc2c(c1)CCCC2.CC(C)(C)c1ccc2ccccc2c1.CC(C)(C)c1ccc2ccccc2c1.CC(C)(C)c1ccc2ccoc2c1.CC(C)(C)c1nc2ccccc2o1. The van der Waals surface area contributed by atoms with Crippen molar-refractivity contribution >= 4 is 61.6 Å². The molecule has 786 valence electrons. The average Bonchev–Trinajstić information content (AvgIpc) is 1.67. The van der Waals surface area contributed by atoms with E-state index in [-0.39, 0.29) is 39.9 Å². The number of rotatable bonds is 0. The summed E-state index contributed by atoms with van der Waals surface area (Å²) in [7, 11) is 0. The fraction of sp³-hybridized carbons (Fsp3) is 0.437. The molecule has 13 aromatic carbocycles. The molecular weight excluding hydrogens is 1790 g/mol. The highest BCUT2D eigenvalue weighted by Crippen LogP contribution is 2.41. The predicted octanol–water partition coefficient (Wildman–Crippen LogP) is 39.0. The quantitative estimate of drug-likeness (QED) is 0.151. The molecule has 0 radical (unpaired) electrons. The van der Waals surface area contributed by atoms with Crippen molar-refractivity contribution in [2.45, 2.75) is 387 Å². The first-order valence-corrected chi connectivity index (χ1v) is 55.0. The Morgan fingerprint density at radius 3 is 1.11 bits per heavy atom. The number of oxazole rings is 1. The van der Waals surface area contributed by atoms with Gasteiger partial charge in [-0.3, -0.25) is 14.8 Å². The van der Waals surface area contributed by atoms with Crippen molar-refractivity contribution in [3.8, 4) is 0 Å².